The number of aromatic nitrogens is 1. The van der Waals surface area contributed by atoms with E-state index in [1.54, 1.807) is 6.92 Å². The second-order valence-corrected chi connectivity index (χ2v) is 3.73. The van der Waals surface area contributed by atoms with Gasteiger partial charge in [0.2, 0.25) is 5.76 Å². The highest BCUT2D eigenvalue weighted by atomic mass is 35.5. The lowest BCUT2D eigenvalue weighted by atomic mass is 10.3. The number of esters is 1. The van der Waals surface area contributed by atoms with Gasteiger partial charge < -0.3 is 13.6 Å². The molecular weight excluding hydrogens is 284 g/mol. The molecule has 0 aliphatic heterocycles. The molecule has 0 fully saturated rings. The Morgan fingerprint density at radius 3 is 2.74 bits per heavy atom. The van der Waals surface area contributed by atoms with Crippen LogP contribution in [0, 0.1) is 0 Å². The summed E-state index contributed by atoms with van der Waals surface area (Å²) in [4.78, 5) is 15.0. The summed E-state index contributed by atoms with van der Waals surface area (Å²) in [5, 5.41) is 0.0458. The summed E-state index contributed by atoms with van der Waals surface area (Å²) in [6, 6.07) is 2.78. The minimum absolute atomic E-state index is 0.0319. The number of alkyl halides is 2. The van der Waals surface area contributed by atoms with E-state index in [4.69, 9.17) is 20.4 Å². The Bertz CT molecular complexity index is 593. The third kappa shape index (κ3) is 2.76. The second-order valence-electron chi connectivity index (χ2n) is 3.36. The highest BCUT2D eigenvalue weighted by Gasteiger charge is 2.28. The predicted octanol–water partition coefficient (Wildman–Crippen LogP) is 3.70. The molecule has 0 amide bonds. The van der Waals surface area contributed by atoms with Crippen LogP contribution in [0.4, 0.5) is 8.78 Å². The molecule has 19 heavy (non-hydrogen) atoms. The SMILES string of the molecule is CCOC(=O)c1oc(-c2ccc(Cl)o2)nc1C(F)F. The number of carbonyl (C=O) groups is 1. The summed E-state index contributed by atoms with van der Waals surface area (Å²) in [5.74, 6) is -1.86. The molecule has 2 heterocycles. The van der Waals surface area contributed by atoms with Gasteiger partial charge in [-0.05, 0) is 30.7 Å². The normalized spacial score (nSPS) is 11.0. The molecule has 0 atom stereocenters. The molecule has 2 rings (SSSR count). The molecule has 0 aromatic carbocycles. The van der Waals surface area contributed by atoms with Crippen LogP contribution < -0.4 is 0 Å². The zero-order chi connectivity index (χ0) is 14.0. The third-order valence-corrected chi connectivity index (χ3v) is 2.31. The number of nitrogens with zero attached hydrogens (tertiary/aromatic N) is 1. The van der Waals surface area contributed by atoms with Gasteiger partial charge in [0.15, 0.2) is 16.7 Å². The fourth-order valence-electron chi connectivity index (χ4n) is 1.36. The van der Waals surface area contributed by atoms with E-state index >= 15 is 0 Å². The van der Waals surface area contributed by atoms with Crippen LogP contribution in [0.2, 0.25) is 5.22 Å². The average Bonchev–Trinajstić information content (AvgIpc) is 2.94. The van der Waals surface area contributed by atoms with Crippen molar-refractivity contribution in [1.82, 2.24) is 4.98 Å². The van der Waals surface area contributed by atoms with Crippen molar-refractivity contribution in [1.29, 1.82) is 0 Å². The van der Waals surface area contributed by atoms with Crippen LogP contribution in [-0.4, -0.2) is 17.6 Å². The lowest BCUT2D eigenvalue weighted by Crippen LogP contribution is -2.06. The largest absolute Gasteiger partial charge is 0.460 e. The van der Waals surface area contributed by atoms with Crippen molar-refractivity contribution in [2.24, 2.45) is 0 Å². The molecule has 0 bridgehead atoms. The Kier molecular flexibility index (Phi) is 3.84. The molecule has 0 saturated carbocycles. The predicted molar refractivity (Wildman–Crippen MR) is 60.1 cm³/mol. The minimum Gasteiger partial charge on any atom is -0.460 e. The smallest absolute Gasteiger partial charge is 0.376 e. The number of halogens is 3. The van der Waals surface area contributed by atoms with Gasteiger partial charge in [-0.3, -0.25) is 0 Å². The Labute approximate surface area is 111 Å². The maximum absolute atomic E-state index is 12.8. The van der Waals surface area contributed by atoms with Gasteiger partial charge in [-0.25, -0.2) is 18.6 Å². The zero-order valence-electron chi connectivity index (χ0n) is 9.65. The van der Waals surface area contributed by atoms with E-state index in [0.29, 0.717) is 0 Å². The molecule has 2 aromatic rings. The van der Waals surface area contributed by atoms with E-state index in [2.05, 4.69) is 9.72 Å². The Morgan fingerprint density at radius 1 is 1.47 bits per heavy atom. The average molecular weight is 292 g/mol. The first-order valence-electron chi connectivity index (χ1n) is 5.24. The second kappa shape index (κ2) is 5.40. The summed E-state index contributed by atoms with van der Waals surface area (Å²) in [7, 11) is 0. The number of hydrogen-bond donors (Lipinski definition) is 0. The fraction of sp³-hybridized carbons (Fsp3) is 0.273. The summed E-state index contributed by atoms with van der Waals surface area (Å²) in [5.41, 5.74) is -0.791. The summed E-state index contributed by atoms with van der Waals surface area (Å²) in [6.07, 6.45) is -2.97. The van der Waals surface area contributed by atoms with Crippen molar-refractivity contribution in [3.8, 4) is 11.7 Å². The van der Waals surface area contributed by atoms with Gasteiger partial charge in [-0.1, -0.05) is 0 Å². The minimum atomic E-state index is -2.97. The van der Waals surface area contributed by atoms with Gasteiger partial charge in [0.25, 0.3) is 12.3 Å². The summed E-state index contributed by atoms with van der Waals surface area (Å²) < 4.78 is 40.1. The van der Waals surface area contributed by atoms with Crippen LogP contribution in [0.5, 0.6) is 0 Å². The zero-order valence-corrected chi connectivity index (χ0v) is 10.4. The fourth-order valence-corrected chi connectivity index (χ4v) is 1.50. The summed E-state index contributed by atoms with van der Waals surface area (Å²) >= 11 is 5.56. The number of furan rings is 1. The molecule has 2 aromatic heterocycles. The van der Waals surface area contributed by atoms with E-state index in [9.17, 15) is 13.6 Å². The number of carbonyl (C=O) groups excluding carboxylic acids is 1. The molecule has 0 saturated heterocycles. The number of oxazole rings is 1. The molecule has 0 radical (unpaired) electrons. The first-order chi connectivity index (χ1) is 9.02. The topological polar surface area (TPSA) is 65.5 Å². The highest BCUT2D eigenvalue weighted by Crippen LogP contribution is 2.30. The molecular formula is C11H8ClF2NO4. The van der Waals surface area contributed by atoms with Crippen LogP contribution in [0.15, 0.2) is 21.0 Å². The first-order valence-corrected chi connectivity index (χ1v) is 5.62. The Hall–Kier alpha value is -1.89. The van der Waals surface area contributed by atoms with Crippen molar-refractivity contribution in [3.05, 3.63) is 28.8 Å². The van der Waals surface area contributed by atoms with Gasteiger partial charge in [-0.15, -0.1) is 0 Å². The van der Waals surface area contributed by atoms with Gasteiger partial charge in [0, 0.05) is 0 Å². The molecule has 0 aliphatic rings. The van der Waals surface area contributed by atoms with Gasteiger partial charge in [-0.2, -0.15) is 0 Å². The maximum atomic E-state index is 12.8. The standard InChI is InChI=1S/C11H8ClF2NO4/c1-2-17-11(16)8-7(9(13)14)15-10(19-8)5-3-4-6(12)18-5/h3-4,9H,2H2,1H3. The van der Waals surface area contributed by atoms with Gasteiger partial charge in [0.05, 0.1) is 6.61 Å². The van der Waals surface area contributed by atoms with Gasteiger partial charge >= 0.3 is 5.97 Å². The van der Waals surface area contributed by atoms with Crippen LogP contribution in [0.3, 0.4) is 0 Å². The van der Waals surface area contributed by atoms with E-state index < -0.39 is 23.8 Å². The van der Waals surface area contributed by atoms with Gasteiger partial charge in [0.1, 0.15) is 0 Å². The van der Waals surface area contributed by atoms with Crippen LogP contribution in [0.1, 0.15) is 29.6 Å². The third-order valence-electron chi connectivity index (χ3n) is 2.10. The van der Waals surface area contributed by atoms with Crippen molar-refractivity contribution >= 4 is 17.6 Å². The van der Waals surface area contributed by atoms with Crippen molar-refractivity contribution in [2.45, 2.75) is 13.3 Å². The molecule has 0 unspecified atom stereocenters. The monoisotopic (exact) mass is 291 g/mol. The number of hydrogen-bond acceptors (Lipinski definition) is 5. The molecule has 0 N–H and O–H groups in total. The van der Waals surface area contributed by atoms with E-state index in [-0.39, 0.29) is 23.5 Å². The molecule has 8 heteroatoms. The lowest BCUT2D eigenvalue weighted by Gasteiger charge is -1.99. The quantitative estimate of drug-likeness (QED) is 0.804. The van der Waals surface area contributed by atoms with E-state index in [0.717, 1.165) is 0 Å². The Balaban J connectivity index is 2.43. The van der Waals surface area contributed by atoms with Crippen molar-refractivity contribution in [3.63, 3.8) is 0 Å². The van der Waals surface area contributed by atoms with Crippen LogP contribution >= 0.6 is 11.6 Å². The number of ether oxygens (including phenoxy) is 1. The summed E-state index contributed by atoms with van der Waals surface area (Å²) in [6.45, 7) is 1.58. The molecule has 5 nitrogen and oxygen atoms in total. The number of rotatable bonds is 4. The van der Waals surface area contributed by atoms with Crippen molar-refractivity contribution in [2.75, 3.05) is 6.61 Å². The van der Waals surface area contributed by atoms with Crippen molar-refractivity contribution < 1.29 is 27.1 Å². The highest BCUT2D eigenvalue weighted by molar-refractivity contribution is 6.28. The molecule has 0 aliphatic carbocycles. The van der Waals surface area contributed by atoms with E-state index in [1.807, 2.05) is 0 Å². The lowest BCUT2D eigenvalue weighted by molar-refractivity contribution is 0.0476. The Morgan fingerprint density at radius 2 is 2.21 bits per heavy atom. The maximum Gasteiger partial charge on any atom is 0.376 e. The molecule has 0 spiro atoms. The van der Waals surface area contributed by atoms with Crippen LogP contribution in [-0.2, 0) is 4.74 Å². The van der Waals surface area contributed by atoms with Crippen LogP contribution in [0.25, 0.3) is 11.7 Å². The van der Waals surface area contributed by atoms with E-state index in [1.165, 1.54) is 12.1 Å². The first kappa shape index (κ1) is 13.5. The molecule has 102 valence electrons.